The lowest BCUT2D eigenvalue weighted by Crippen LogP contribution is -2.37. The van der Waals surface area contributed by atoms with Crippen molar-refractivity contribution in [1.29, 1.82) is 0 Å². The van der Waals surface area contributed by atoms with Gasteiger partial charge < -0.3 is 25.0 Å². The predicted octanol–water partition coefficient (Wildman–Crippen LogP) is 4.03. The van der Waals surface area contributed by atoms with Gasteiger partial charge in [0.2, 0.25) is 0 Å². The van der Waals surface area contributed by atoms with Crippen LogP contribution >= 0.6 is 24.0 Å². The highest BCUT2D eigenvalue weighted by molar-refractivity contribution is 14.0. The number of benzene rings is 1. The van der Waals surface area contributed by atoms with Crippen LogP contribution in [0.25, 0.3) is 0 Å². The number of guanidine groups is 1. The summed E-state index contributed by atoms with van der Waals surface area (Å²) in [6, 6.07) is 5.92. The van der Waals surface area contributed by atoms with E-state index in [1.165, 1.54) is 58.2 Å². The van der Waals surface area contributed by atoms with E-state index in [1.54, 1.807) is 14.2 Å². The van der Waals surface area contributed by atoms with E-state index in [1.807, 2.05) is 18.2 Å². The molecule has 0 radical (unpaired) electrons. The van der Waals surface area contributed by atoms with Gasteiger partial charge >= 0.3 is 0 Å². The average Bonchev–Trinajstić information content (AvgIpc) is 2.74. The predicted molar refractivity (Wildman–Crippen MR) is 132 cm³/mol. The van der Waals surface area contributed by atoms with Gasteiger partial charge in [0.05, 0.1) is 20.8 Å². The summed E-state index contributed by atoms with van der Waals surface area (Å²) in [5, 5.41) is 6.77. The first-order chi connectivity index (χ1) is 13.8. The van der Waals surface area contributed by atoms with Gasteiger partial charge in [-0.15, -0.1) is 24.0 Å². The molecule has 0 amide bonds. The number of unbranched alkanes of at least 4 members (excludes halogenated alkanes) is 2. The Kier molecular flexibility index (Phi) is 13.9. The molecule has 0 atom stereocenters. The molecule has 29 heavy (non-hydrogen) atoms. The van der Waals surface area contributed by atoms with Crippen LogP contribution in [0, 0.1) is 0 Å². The van der Waals surface area contributed by atoms with Crippen molar-refractivity contribution in [2.24, 2.45) is 4.99 Å². The molecule has 1 aliphatic heterocycles. The van der Waals surface area contributed by atoms with Gasteiger partial charge in [-0.05, 0) is 69.9 Å². The zero-order valence-corrected chi connectivity index (χ0v) is 20.7. The zero-order valence-electron chi connectivity index (χ0n) is 18.3. The zero-order chi connectivity index (χ0) is 20.0. The van der Waals surface area contributed by atoms with Gasteiger partial charge in [-0.1, -0.05) is 18.9 Å². The summed E-state index contributed by atoms with van der Waals surface area (Å²) in [5.41, 5.74) is 1.09. The summed E-state index contributed by atoms with van der Waals surface area (Å²) in [7, 11) is 3.30. The lowest BCUT2D eigenvalue weighted by atomic mass is 10.1. The van der Waals surface area contributed by atoms with E-state index in [9.17, 15) is 0 Å². The number of ether oxygens (including phenoxy) is 2. The van der Waals surface area contributed by atoms with Crippen LogP contribution in [0.15, 0.2) is 23.2 Å². The van der Waals surface area contributed by atoms with Crippen molar-refractivity contribution in [2.45, 2.75) is 52.0 Å². The van der Waals surface area contributed by atoms with Crippen LogP contribution in [-0.4, -0.2) is 57.8 Å². The lowest BCUT2D eigenvalue weighted by Gasteiger charge is -2.26. The molecule has 2 N–H and O–H groups in total. The van der Waals surface area contributed by atoms with Crippen LogP contribution < -0.4 is 20.1 Å². The van der Waals surface area contributed by atoms with Crippen LogP contribution in [0.1, 0.15) is 51.0 Å². The first-order valence-corrected chi connectivity index (χ1v) is 10.7. The summed E-state index contributed by atoms with van der Waals surface area (Å²) in [6.45, 7) is 8.35. The van der Waals surface area contributed by atoms with E-state index in [4.69, 9.17) is 14.5 Å². The largest absolute Gasteiger partial charge is 0.493 e. The van der Waals surface area contributed by atoms with Crippen LogP contribution in [0.2, 0.25) is 0 Å². The molecule has 0 aliphatic carbocycles. The monoisotopic (exact) mass is 518 g/mol. The fourth-order valence-corrected chi connectivity index (χ4v) is 3.52. The Morgan fingerprint density at radius 1 is 1.00 bits per heavy atom. The first-order valence-electron chi connectivity index (χ1n) is 10.7. The van der Waals surface area contributed by atoms with Gasteiger partial charge in [0.25, 0.3) is 0 Å². The minimum absolute atomic E-state index is 0. The Morgan fingerprint density at radius 3 is 2.45 bits per heavy atom. The molecule has 1 aromatic rings. The number of nitrogens with one attached hydrogen (secondary N) is 2. The molecular formula is C22H39IN4O2. The van der Waals surface area contributed by atoms with Crippen molar-refractivity contribution in [3.63, 3.8) is 0 Å². The molecule has 0 saturated carbocycles. The molecule has 6 nitrogen and oxygen atoms in total. The van der Waals surface area contributed by atoms with Crippen LogP contribution in [0.4, 0.5) is 0 Å². The average molecular weight is 518 g/mol. The highest BCUT2D eigenvalue weighted by Gasteiger charge is 2.09. The van der Waals surface area contributed by atoms with Gasteiger partial charge in [-0.2, -0.15) is 0 Å². The first kappa shape index (κ1) is 25.8. The molecular weight excluding hydrogens is 479 g/mol. The molecule has 0 bridgehead atoms. The molecule has 1 saturated heterocycles. The van der Waals surface area contributed by atoms with Gasteiger partial charge in [-0.3, -0.25) is 0 Å². The maximum absolute atomic E-state index is 5.37. The maximum atomic E-state index is 5.37. The van der Waals surface area contributed by atoms with Gasteiger partial charge in [0.15, 0.2) is 17.5 Å². The molecule has 1 heterocycles. The number of methoxy groups -OCH3 is 2. The molecule has 1 aromatic carbocycles. The SMILES string of the molecule is CCNC(=NCc1ccc(OC)c(OC)c1)NCCCCCN1CCCCC1.I. The van der Waals surface area contributed by atoms with Gasteiger partial charge in [-0.25, -0.2) is 4.99 Å². The van der Waals surface area contributed by atoms with E-state index in [0.717, 1.165) is 36.1 Å². The van der Waals surface area contributed by atoms with E-state index >= 15 is 0 Å². The third-order valence-electron chi connectivity index (χ3n) is 5.10. The minimum atomic E-state index is 0. The fraction of sp³-hybridized carbons (Fsp3) is 0.682. The van der Waals surface area contributed by atoms with Crippen molar-refractivity contribution in [1.82, 2.24) is 15.5 Å². The fourth-order valence-electron chi connectivity index (χ4n) is 3.52. The summed E-state index contributed by atoms with van der Waals surface area (Å²) in [5.74, 6) is 2.35. The molecule has 166 valence electrons. The highest BCUT2D eigenvalue weighted by Crippen LogP contribution is 2.27. The summed E-state index contributed by atoms with van der Waals surface area (Å²) in [4.78, 5) is 7.31. The van der Waals surface area contributed by atoms with E-state index < -0.39 is 0 Å². The minimum Gasteiger partial charge on any atom is -0.493 e. The number of hydrogen-bond acceptors (Lipinski definition) is 4. The summed E-state index contributed by atoms with van der Waals surface area (Å²) in [6.07, 6.45) is 7.90. The van der Waals surface area contributed by atoms with E-state index in [-0.39, 0.29) is 24.0 Å². The summed E-state index contributed by atoms with van der Waals surface area (Å²) >= 11 is 0. The third kappa shape index (κ3) is 9.89. The number of piperidine rings is 1. The number of halogens is 1. The number of nitrogens with zero attached hydrogens (tertiary/aromatic N) is 2. The second-order valence-corrected chi connectivity index (χ2v) is 7.27. The smallest absolute Gasteiger partial charge is 0.191 e. The Morgan fingerprint density at radius 2 is 1.76 bits per heavy atom. The number of hydrogen-bond donors (Lipinski definition) is 2. The Labute approximate surface area is 193 Å². The Bertz CT molecular complexity index is 592. The van der Waals surface area contributed by atoms with Gasteiger partial charge in [0.1, 0.15) is 0 Å². The third-order valence-corrected chi connectivity index (χ3v) is 5.10. The maximum Gasteiger partial charge on any atom is 0.191 e. The molecule has 2 rings (SSSR count). The standard InChI is InChI=1S/C22H38N4O2.HI/c1-4-23-22(24-13-7-5-8-14-26-15-9-6-10-16-26)25-18-19-11-12-20(27-2)21(17-19)28-3;/h11-12,17H,4-10,13-16,18H2,1-3H3,(H2,23,24,25);1H. The highest BCUT2D eigenvalue weighted by atomic mass is 127. The Balaban J connectivity index is 0.00000420. The number of rotatable bonds is 11. The van der Waals surface area contributed by atoms with Crippen LogP contribution in [0.3, 0.4) is 0 Å². The molecule has 0 aromatic heterocycles. The normalized spacial score (nSPS) is 14.8. The van der Waals surface area contributed by atoms with Crippen LogP contribution in [0.5, 0.6) is 11.5 Å². The lowest BCUT2D eigenvalue weighted by molar-refractivity contribution is 0.224. The number of likely N-dealkylation sites (tertiary alicyclic amines) is 1. The van der Waals surface area contributed by atoms with Crippen molar-refractivity contribution in [3.05, 3.63) is 23.8 Å². The molecule has 0 spiro atoms. The second kappa shape index (κ2) is 15.6. The van der Waals surface area contributed by atoms with Crippen LogP contribution in [-0.2, 0) is 6.54 Å². The molecule has 1 fully saturated rings. The topological polar surface area (TPSA) is 58.1 Å². The molecule has 7 heteroatoms. The summed E-state index contributed by atoms with van der Waals surface area (Å²) < 4.78 is 10.7. The van der Waals surface area contributed by atoms with Crippen molar-refractivity contribution < 1.29 is 9.47 Å². The van der Waals surface area contributed by atoms with Gasteiger partial charge in [0, 0.05) is 13.1 Å². The van der Waals surface area contributed by atoms with Crippen molar-refractivity contribution in [2.75, 3.05) is 46.9 Å². The molecule has 1 aliphatic rings. The number of aliphatic imine (C=N–C) groups is 1. The quantitative estimate of drug-likeness (QED) is 0.201. The van der Waals surface area contributed by atoms with Crippen molar-refractivity contribution in [3.8, 4) is 11.5 Å². The van der Waals surface area contributed by atoms with E-state index in [0.29, 0.717) is 6.54 Å². The Hall–Kier alpha value is -1.22. The van der Waals surface area contributed by atoms with Crippen molar-refractivity contribution >= 4 is 29.9 Å². The molecule has 0 unspecified atom stereocenters. The van der Waals surface area contributed by atoms with E-state index in [2.05, 4.69) is 22.5 Å². The second-order valence-electron chi connectivity index (χ2n) is 7.27.